The van der Waals surface area contributed by atoms with Crippen molar-refractivity contribution >= 4 is 59.1 Å². The lowest BCUT2D eigenvalue weighted by molar-refractivity contribution is 0.617. The highest BCUT2D eigenvalue weighted by molar-refractivity contribution is 7.45. The number of hydrogen-bond donors (Lipinski definition) is 0. The molecule has 0 N–H and O–H groups in total. The average Bonchev–Trinajstić information content (AvgIpc) is 2.09. The van der Waals surface area contributed by atoms with Crippen molar-refractivity contribution in [3.63, 3.8) is 0 Å². The summed E-state index contributed by atoms with van der Waals surface area (Å²) in [5.74, 6) is 0. The van der Waals surface area contributed by atoms with Gasteiger partial charge in [0.1, 0.15) is 0 Å². The molecule has 86 valence electrons. The highest BCUT2D eigenvalue weighted by Gasteiger charge is 2.26. The molecule has 0 aromatic rings. The Bertz CT molecular complexity index is 125. The molecule has 0 nitrogen and oxygen atoms in total. The Morgan fingerprint density at radius 2 is 1.36 bits per heavy atom. The van der Waals surface area contributed by atoms with E-state index in [9.17, 15) is 0 Å². The molecule has 0 atom stereocenters. The molecule has 0 heterocycles. The zero-order valence-corrected chi connectivity index (χ0v) is 13.8. The summed E-state index contributed by atoms with van der Waals surface area (Å²) < 4.78 is 0. The van der Waals surface area contributed by atoms with Crippen molar-refractivity contribution in [2.75, 3.05) is 0 Å². The van der Waals surface area contributed by atoms with Crippen LogP contribution in [-0.4, -0.2) is 14.8 Å². The number of unbranched alkanes of at least 4 members (excludes halogenated alkanes) is 4. The second-order valence-corrected chi connectivity index (χ2v) is 14.3. The molecule has 0 rings (SSSR count). The first-order valence-electron chi connectivity index (χ1n) is 5.15. The second kappa shape index (κ2) is 9.79. The Kier molecular flexibility index (Phi) is 10.9. The van der Waals surface area contributed by atoms with Crippen molar-refractivity contribution in [3.05, 3.63) is 0 Å². The summed E-state index contributed by atoms with van der Waals surface area (Å²) in [4.78, 5) is 0. The van der Waals surface area contributed by atoms with E-state index in [-0.39, 0.29) is 5.16 Å². The van der Waals surface area contributed by atoms with E-state index >= 15 is 0 Å². The van der Waals surface area contributed by atoms with Gasteiger partial charge in [-0.15, -0.1) is 0 Å². The van der Waals surface area contributed by atoms with Crippen molar-refractivity contribution in [2.24, 2.45) is 0 Å². The van der Waals surface area contributed by atoms with E-state index in [0.717, 1.165) is 6.42 Å². The molecule has 0 spiro atoms. The van der Waals surface area contributed by atoms with Gasteiger partial charge in [0.05, 0.1) is 0 Å². The first kappa shape index (κ1) is 15.6. The summed E-state index contributed by atoms with van der Waals surface area (Å²) in [6.07, 6.45) is 7.36. The van der Waals surface area contributed by atoms with Crippen molar-refractivity contribution in [2.45, 2.75) is 50.6 Å². The molecule has 0 fully saturated rings. The second-order valence-electron chi connectivity index (χ2n) is 3.54. The van der Waals surface area contributed by atoms with Crippen LogP contribution >= 0.6 is 44.3 Å². The highest BCUT2D eigenvalue weighted by Crippen LogP contribution is 2.30. The fraction of sp³-hybridized carbons (Fsp3) is 1.00. The minimum Gasteiger partial charge on any atom is -0.150 e. The monoisotopic (exact) mass is 310 g/mol. The minimum absolute atomic E-state index is 0.281. The fourth-order valence-corrected chi connectivity index (χ4v) is 12.6. The lowest BCUT2D eigenvalue weighted by Gasteiger charge is -2.15. The maximum Gasteiger partial charge on any atom is 0.239 e. The molecule has 0 saturated heterocycles. The fourth-order valence-electron chi connectivity index (χ4n) is 1.35. The Labute approximate surface area is 109 Å². The van der Waals surface area contributed by atoms with Crippen molar-refractivity contribution in [1.29, 1.82) is 0 Å². The maximum atomic E-state index is 5.95. The van der Waals surface area contributed by atoms with Crippen LogP contribution in [0.4, 0.5) is 0 Å². The molecule has 6 heteroatoms. The predicted octanol–water partition coefficient (Wildman–Crippen LogP) is 4.65. The third kappa shape index (κ3) is 7.83. The third-order valence-corrected chi connectivity index (χ3v) is 13.4. The molecule has 0 unspecified atom stereocenters. The molecule has 0 bridgehead atoms. The molecule has 0 aliphatic heterocycles. The topological polar surface area (TPSA) is 0 Å². The van der Waals surface area contributed by atoms with Gasteiger partial charge in [0.2, 0.25) is 14.8 Å². The first-order valence-corrected chi connectivity index (χ1v) is 13.5. The lowest BCUT2D eigenvalue weighted by atomic mass is 10.1. The largest absolute Gasteiger partial charge is 0.239 e. The molecule has 0 aromatic carbocycles. The lowest BCUT2D eigenvalue weighted by Crippen LogP contribution is -2.18. The standard InChI is InChI=1S/C8H18Cl4Si2/c1-2-3-4-5-6-7-8(13(9)10)14(11)12/h8,13-14H,2-7H2,1H3. The number of hydrogen-bond acceptors (Lipinski definition) is 0. The Balaban J connectivity index is 3.52. The van der Waals surface area contributed by atoms with Crippen LogP contribution in [0.15, 0.2) is 0 Å². The Morgan fingerprint density at radius 1 is 0.857 bits per heavy atom. The van der Waals surface area contributed by atoms with Crippen molar-refractivity contribution < 1.29 is 0 Å². The van der Waals surface area contributed by atoms with Gasteiger partial charge in [0.15, 0.2) is 0 Å². The van der Waals surface area contributed by atoms with E-state index in [2.05, 4.69) is 6.92 Å². The van der Waals surface area contributed by atoms with Gasteiger partial charge in [-0.25, -0.2) is 0 Å². The summed E-state index contributed by atoms with van der Waals surface area (Å²) in [6, 6.07) is 0. The molecule has 0 aliphatic rings. The van der Waals surface area contributed by atoms with Crippen molar-refractivity contribution in [3.8, 4) is 0 Å². The van der Waals surface area contributed by atoms with Gasteiger partial charge in [0, 0.05) is 0 Å². The molecule has 14 heavy (non-hydrogen) atoms. The zero-order valence-electron chi connectivity index (χ0n) is 8.49. The van der Waals surface area contributed by atoms with E-state index < -0.39 is 14.8 Å². The van der Waals surface area contributed by atoms with E-state index in [1.807, 2.05) is 0 Å². The molecule has 0 saturated carbocycles. The number of halogens is 4. The molecule has 0 radical (unpaired) electrons. The molecule has 0 amide bonds. The summed E-state index contributed by atoms with van der Waals surface area (Å²) in [5.41, 5.74) is 0. The first-order chi connectivity index (χ1) is 6.59. The third-order valence-electron chi connectivity index (χ3n) is 2.29. The normalized spacial score (nSPS) is 12.0. The van der Waals surface area contributed by atoms with Crippen LogP contribution in [0.2, 0.25) is 5.16 Å². The van der Waals surface area contributed by atoms with Gasteiger partial charge in [-0.3, -0.25) is 0 Å². The van der Waals surface area contributed by atoms with E-state index in [1.165, 1.54) is 32.1 Å². The summed E-state index contributed by atoms with van der Waals surface area (Å²) >= 11 is 23.8. The predicted molar refractivity (Wildman–Crippen MR) is 74.8 cm³/mol. The summed E-state index contributed by atoms with van der Waals surface area (Å²) in [5, 5.41) is 0.281. The average molecular weight is 312 g/mol. The van der Waals surface area contributed by atoms with Crippen LogP contribution < -0.4 is 0 Å². The van der Waals surface area contributed by atoms with Crippen LogP contribution in [0.25, 0.3) is 0 Å². The van der Waals surface area contributed by atoms with E-state index in [1.54, 1.807) is 0 Å². The Hall–Kier alpha value is 1.59. The summed E-state index contributed by atoms with van der Waals surface area (Å²) in [6.45, 7) is 2.21. The van der Waals surface area contributed by atoms with Gasteiger partial charge in [-0.2, -0.15) is 44.3 Å². The van der Waals surface area contributed by atoms with E-state index in [0.29, 0.717) is 0 Å². The Morgan fingerprint density at radius 3 is 1.79 bits per heavy atom. The highest BCUT2D eigenvalue weighted by atomic mass is 35.7. The minimum atomic E-state index is -1.66. The summed E-state index contributed by atoms with van der Waals surface area (Å²) in [7, 11) is -3.32. The molecule has 0 aliphatic carbocycles. The zero-order chi connectivity index (χ0) is 11.0. The number of rotatable bonds is 8. The molecular weight excluding hydrogens is 294 g/mol. The maximum absolute atomic E-state index is 5.95. The van der Waals surface area contributed by atoms with E-state index in [4.69, 9.17) is 44.3 Å². The van der Waals surface area contributed by atoms with Gasteiger partial charge in [-0.05, 0) is 5.16 Å². The van der Waals surface area contributed by atoms with Crippen LogP contribution in [-0.2, 0) is 0 Å². The molecular formula is C8H18Cl4Si2. The van der Waals surface area contributed by atoms with Crippen LogP contribution in [0, 0.1) is 0 Å². The van der Waals surface area contributed by atoms with Crippen molar-refractivity contribution in [1.82, 2.24) is 0 Å². The smallest absolute Gasteiger partial charge is 0.150 e. The van der Waals surface area contributed by atoms with Gasteiger partial charge >= 0.3 is 0 Å². The van der Waals surface area contributed by atoms with Gasteiger partial charge in [0.25, 0.3) is 0 Å². The van der Waals surface area contributed by atoms with Crippen LogP contribution in [0.5, 0.6) is 0 Å². The molecule has 0 aromatic heterocycles. The van der Waals surface area contributed by atoms with Gasteiger partial charge in [-0.1, -0.05) is 45.4 Å². The van der Waals surface area contributed by atoms with Crippen LogP contribution in [0.1, 0.15) is 45.4 Å². The quantitative estimate of drug-likeness (QED) is 0.348. The van der Waals surface area contributed by atoms with Gasteiger partial charge < -0.3 is 0 Å². The van der Waals surface area contributed by atoms with Crippen LogP contribution in [0.3, 0.4) is 0 Å². The SMILES string of the molecule is CCCCCCCC([SiH](Cl)Cl)[SiH](Cl)Cl.